The van der Waals surface area contributed by atoms with Crippen LogP contribution in [0.5, 0.6) is 5.75 Å². The van der Waals surface area contributed by atoms with Gasteiger partial charge in [-0.15, -0.1) is 0 Å². The molecule has 0 bridgehead atoms. The highest BCUT2D eigenvalue weighted by atomic mass is 79.9. The molecule has 4 heteroatoms. The molecule has 0 aliphatic heterocycles. The summed E-state index contributed by atoms with van der Waals surface area (Å²) in [6.07, 6.45) is 0. The van der Waals surface area contributed by atoms with E-state index in [1.54, 1.807) is 18.2 Å². The molecule has 0 aliphatic carbocycles. The van der Waals surface area contributed by atoms with Gasteiger partial charge in [-0.1, -0.05) is 0 Å². The zero-order chi connectivity index (χ0) is 8.97. The van der Waals surface area contributed by atoms with Crippen LogP contribution in [0.15, 0.2) is 22.7 Å². The monoisotopic (exact) mass is 233 g/mol. The molecule has 0 aliphatic rings. The fourth-order valence-corrected chi connectivity index (χ4v) is 1.14. The van der Waals surface area contributed by atoms with E-state index in [0.717, 1.165) is 4.47 Å². The van der Waals surface area contributed by atoms with Crippen molar-refractivity contribution in [3.63, 3.8) is 0 Å². The van der Waals surface area contributed by atoms with Crippen LogP contribution in [-0.2, 0) is 0 Å². The minimum atomic E-state index is -0.499. The van der Waals surface area contributed by atoms with Crippen molar-refractivity contribution in [2.75, 3.05) is 19.0 Å². The third-order valence-corrected chi connectivity index (χ3v) is 1.95. The van der Waals surface area contributed by atoms with Crippen LogP contribution in [0, 0.1) is 0 Å². The molecule has 12 heavy (non-hydrogen) atoms. The summed E-state index contributed by atoms with van der Waals surface area (Å²) in [5.41, 5.74) is 6.11. The smallest absolute Gasteiger partial charge is 0.135 e. The minimum Gasteiger partial charge on any atom is -0.490 e. The normalized spacial score (nSPS) is 9.83. The number of rotatable bonds is 3. The lowest BCUT2D eigenvalue weighted by molar-refractivity contribution is 0.272. The largest absolute Gasteiger partial charge is 0.490 e. The van der Waals surface area contributed by atoms with Gasteiger partial charge in [0.25, 0.3) is 0 Å². The highest BCUT2D eigenvalue weighted by molar-refractivity contribution is 9.10. The van der Waals surface area contributed by atoms with Crippen molar-refractivity contribution < 1.29 is 9.13 Å². The van der Waals surface area contributed by atoms with Crippen molar-refractivity contribution in [2.24, 2.45) is 0 Å². The molecular formula is C8H9BrFNO. The molecule has 0 atom stereocenters. The zero-order valence-electron chi connectivity index (χ0n) is 6.39. The van der Waals surface area contributed by atoms with Gasteiger partial charge in [0.15, 0.2) is 0 Å². The second kappa shape index (κ2) is 4.30. The van der Waals surface area contributed by atoms with Crippen LogP contribution in [-0.4, -0.2) is 13.3 Å². The number of nitrogen functional groups attached to an aromatic ring is 1. The van der Waals surface area contributed by atoms with E-state index in [2.05, 4.69) is 15.9 Å². The maximum absolute atomic E-state index is 11.7. The Morgan fingerprint density at radius 2 is 2.25 bits per heavy atom. The van der Waals surface area contributed by atoms with Gasteiger partial charge >= 0.3 is 0 Å². The predicted octanol–water partition coefficient (Wildman–Crippen LogP) is 2.38. The van der Waals surface area contributed by atoms with Crippen molar-refractivity contribution in [3.05, 3.63) is 22.7 Å². The van der Waals surface area contributed by atoms with Crippen molar-refractivity contribution in [3.8, 4) is 5.75 Å². The second-order valence-corrected chi connectivity index (χ2v) is 3.08. The Hall–Kier alpha value is -0.770. The SMILES string of the molecule is Nc1ccc(Br)c(OCCF)c1. The Morgan fingerprint density at radius 3 is 2.92 bits per heavy atom. The van der Waals surface area contributed by atoms with Gasteiger partial charge in [0, 0.05) is 11.8 Å². The van der Waals surface area contributed by atoms with Crippen molar-refractivity contribution in [2.45, 2.75) is 0 Å². The lowest BCUT2D eigenvalue weighted by atomic mass is 10.3. The van der Waals surface area contributed by atoms with Crippen LogP contribution < -0.4 is 10.5 Å². The summed E-state index contributed by atoms with van der Waals surface area (Å²) in [5, 5.41) is 0. The summed E-state index contributed by atoms with van der Waals surface area (Å²) in [6, 6.07) is 5.16. The quantitative estimate of drug-likeness (QED) is 0.815. The standard InChI is InChI=1S/C8H9BrFNO/c9-7-2-1-6(11)5-8(7)12-4-3-10/h1-2,5H,3-4,11H2. The van der Waals surface area contributed by atoms with Crippen molar-refractivity contribution in [1.29, 1.82) is 0 Å². The fourth-order valence-electron chi connectivity index (χ4n) is 0.779. The van der Waals surface area contributed by atoms with Crippen LogP contribution in [0.3, 0.4) is 0 Å². The number of halogens is 2. The van der Waals surface area contributed by atoms with Gasteiger partial charge in [0.1, 0.15) is 19.0 Å². The third-order valence-electron chi connectivity index (χ3n) is 1.29. The molecule has 1 aromatic rings. The van der Waals surface area contributed by atoms with Crippen molar-refractivity contribution in [1.82, 2.24) is 0 Å². The van der Waals surface area contributed by atoms with E-state index in [-0.39, 0.29) is 6.61 Å². The van der Waals surface area contributed by atoms with E-state index >= 15 is 0 Å². The lowest BCUT2D eigenvalue weighted by Crippen LogP contribution is -1.99. The number of alkyl halides is 1. The van der Waals surface area contributed by atoms with E-state index in [0.29, 0.717) is 11.4 Å². The molecular weight excluding hydrogens is 225 g/mol. The van der Waals surface area contributed by atoms with Gasteiger partial charge in [0.2, 0.25) is 0 Å². The molecule has 1 aromatic carbocycles. The molecule has 0 amide bonds. The molecule has 0 heterocycles. The van der Waals surface area contributed by atoms with Crippen LogP contribution in [0.2, 0.25) is 0 Å². The number of ether oxygens (including phenoxy) is 1. The Balaban J connectivity index is 2.75. The highest BCUT2D eigenvalue weighted by Crippen LogP contribution is 2.26. The predicted molar refractivity (Wildman–Crippen MR) is 50.0 cm³/mol. The molecule has 0 aromatic heterocycles. The molecule has 2 N–H and O–H groups in total. The number of hydrogen-bond donors (Lipinski definition) is 1. The Kier molecular flexibility index (Phi) is 3.34. The molecule has 0 spiro atoms. The van der Waals surface area contributed by atoms with Gasteiger partial charge in [-0.05, 0) is 28.1 Å². The first-order valence-electron chi connectivity index (χ1n) is 3.48. The van der Waals surface area contributed by atoms with Crippen LogP contribution >= 0.6 is 15.9 Å². The molecule has 66 valence electrons. The summed E-state index contributed by atoms with van der Waals surface area (Å²) < 4.78 is 17.6. The number of hydrogen-bond acceptors (Lipinski definition) is 2. The maximum Gasteiger partial charge on any atom is 0.135 e. The summed E-state index contributed by atoms with van der Waals surface area (Å²) in [7, 11) is 0. The molecule has 2 nitrogen and oxygen atoms in total. The summed E-state index contributed by atoms with van der Waals surface area (Å²) in [6.45, 7) is -0.441. The molecule has 0 radical (unpaired) electrons. The van der Waals surface area contributed by atoms with Crippen molar-refractivity contribution >= 4 is 21.6 Å². The van der Waals surface area contributed by atoms with E-state index in [1.807, 2.05) is 0 Å². The van der Waals surface area contributed by atoms with Crippen LogP contribution in [0.4, 0.5) is 10.1 Å². The highest BCUT2D eigenvalue weighted by Gasteiger charge is 2.00. The van der Waals surface area contributed by atoms with E-state index in [4.69, 9.17) is 10.5 Å². The second-order valence-electron chi connectivity index (χ2n) is 2.23. The maximum atomic E-state index is 11.7. The van der Waals surface area contributed by atoms with E-state index in [9.17, 15) is 4.39 Å². The summed E-state index contributed by atoms with van der Waals surface area (Å²) in [5.74, 6) is 0.577. The van der Waals surface area contributed by atoms with Gasteiger partial charge in [0.05, 0.1) is 4.47 Å². The van der Waals surface area contributed by atoms with Crippen LogP contribution in [0.1, 0.15) is 0 Å². The first-order chi connectivity index (χ1) is 5.74. The summed E-state index contributed by atoms with van der Waals surface area (Å²) >= 11 is 3.26. The lowest BCUT2D eigenvalue weighted by Gasteiger charge is -2.06. The average Bonchev–Trinajstić information content (AvgIpc) is 2.07. The fraction of sp³-hybridized carbons (Fsp3) is 0.250. The van der Waals surface area contributed by atoms with E-state index in [1.165, 1.54) is 0 Å². The molecule has 1 rings (SSSR count). The Morgan fingerprint density at radius 1 is 1.50 bits per heavy atom. The average molecular weight is 234 g/mol. The first kappa shape index (κ1) is 9.32. The van der Waals surface area contributed by atoms with Crippen LogP contribution in [0.25, 0.3) is 0 Å². The Bertz CT molecular complexity index is 267. The number of nitrogens with two attached hydrogens (primary N) is 1. The van der Waals surface area contributed by atoms with Gasteiger partial charge < -0.3 is 10.5 Å². The van der Waals surface area contributed by atoms with Gasteiger partial charge in [-0.2, -0.15) is 0 Å². The molecule has 0 saturated carbocycles. The van der Waals surface area contributed by atoms with Gasteiger partial charge in [-0.25, -0.2) is 4.39 Å². The molecule has 0 unspecified atom stereocenters. The van der Waals surface area contributed by atoms with E-state index < -0.39 is 6.67 Å². The third kappa shape index (κ3) is 2.37. The number of anilines is 1. The molecule has 0 saturated heterocycles. The topological polar surface area (TPSA) is 35.2 Å². The number of benzene rings is 1. The first-order valence-corrected chi connectivity index (χ1v) is 4.27. The minimum absolute atomic E-state index is 0.0576. The van der Waals surface area contributed by atoms with Gasteiger partial charge in [-0.3, -0.25) is 0 Å². The molecule has 0 fully saturated rings. The summed E-state index contributed by atoms with van der Waals surface area (Å²) in [4.78, 5) is 0. The Labute approximate surface area is 78.6 Å². The zero-order valence-corrected chi connectivity index (χ0v) is 7.97.